The van der Waals surface area contributed by atoms with Crippen LogP contribution < -0.4 is 10.2 Å². The molecule has 3 rings (SSSR count). The first-order valence-corrected chi connectivity index (χ1v) is 8.48. The molecular weight excluding hydrogens is 258 g/mol. The molecule has 116 valence electrons. The minimum Gasteiger partial charge on any atom is -0.369 e. The molecule has 2 fully saturated rings. The van der Waals surface area contributed by atoms with Crippen molar-refractivity contribution in [3.63, 3.8) is 0 Å². The molecule has 2 aliphatic heterocycles. The third-order valence-electron chi connectivity index (χ3n) is 4.99. The number of piperazine rings is 1. The number of hydrogen-bond acceptors (Lipinski definition) is 3. The predicted octanol–water partition coefficient (Wildman–Crippen LogP) is 2.51. The Balaban J connectivity index is 1.48. The van der Waals surface area contributed by atoms with Crippen LogP contribution in [0.15, 0.2) is 24.3 Å². The van der Waals surface area contributed by atoms with Gasteiger partial charge in [0.2, 0.25) is 0 Å². The molecule has 0 spiro atoms. The summed E-state index contributed by atoms with van der Waals surface area (Å²) in [7, 11) is 0. The molecule has 3 heteroatoms. The molecule has 3 nitrogen and oxygen atoms in total. The number of nitrogens with zero attached hydrogens (tertiary/aromatic N) is 2. The van der Waals surface area contributed by atoms with Crippen LogP contribution in [0, 0.1) is 12.8 Å². The smallest absolute Gasteiger partial charge is 0.0369 e. The fourth-order valence-electron chi connectivity index (χ4n) is 3.78. The van der Waals surface area contributed by atoms with Crippen molar-refractivity contribution in [2.45, 2.75) is 32.7 Å². The molecular formula is C18H29N3. The van der Waals surface area contributed by atoms with E-state index in [1.807, 2.05) is 0 Å². The van der Waals surface area contributed by atoms with E-state index in [-0.39, 0.29) is 0 Å². The van der Waals surface area contributed by atoms with Crippen LogP contribution in [0.4, 0.5) is 5.69 Å². The summed E-state index contributed by atoms with van der Waals surface area (Å²) in [4.78, 5) is 5.21. The minimum absolute atomic E-state index is 0.706. The molecule has 0 radical (unpaired) electrons. The highest BCUT2D eigenvalue weighted by Crippen LogP contribution is 2.21. The second-order valence-electron chi connectivity index (χ2n) is 6.87. The SMILES string of the molecule is Cc1cccc(N2CCN(CC3CCNC(C)C3)CC2)c1. The van der Waals surface area contributed by atoms with Gasteiger partial charge in [-0.25, -0.2) is 0 Å². The second kappa shape index (κ2) is 6.80. The van der Waals surface area contributed by atoms with Gasteiger partial charge in [-0.05, 0) is 56.8 Å². The van der Waals surface area contributed by atoms with E-state index >= 15 is 0 Å². The Morgan fingerprint density at radius 2 is 2.00 bits per heavy atom. The quantitative estimate of drug-likeness (QED) is 0.921. The van der Waals surface area contributed by atoms with Crippen LogP contribution in [0.5, 0.6) is 0 Å². The summed E-state index contributed by atoms with van der Waals surface area (Å²) in [6.07, 6.45) is 2.69. The number of rotatable bonds is 3. The van der Waals surface area contributed by atoms with Crippen molar-refractivity contribution >= 4 is 5.69 Å². The summed E-state index contributed by atoms with van der Waals surface area (Å²) >= 11 is 0. The standard InChI is InChI=1S/C18H29N3/c1-15-4-3-5-18(12-15)21-10-8-20(9-11-21)14-17-6-7-19-16(2)13-17/h3-5,12,16-17,19H,6-11,13-14H2,1-2H3. The van der Waals surface area contributed by atoms with Crippen molar-refractivity contribution in [1.29, 1.82) is 0 Å². The molecule has 0 saturated carbocycles. The van der Waals surface area contributed by atoms with Crippen molar-refractivity contribution in [3.8, 4) is 0 Å². The van der Waals surface area contributed by atoms with E-state index in [4.69, 9.17) is 0 Å². The van der Waals surface area contributed by atoms with Crippen molar-refractivity contribution in [2.24, 2.45) is 5.92 Å². The lowest BCUT2D eigenvalue weighted by atomic mass is 9.92. The molecule has 0 aromatic heterocycles. The van der Waals surface area contributed by atoms with E-state index < -0.39 is 0 Å². The zero-order valence-corrected chi connectivity index (χ0v) is 13.5. The third-order valence-corrected chi connectivity index (χ3v) is 4.99. The Hall–Kier alpha value is -1.06. The minimum atomic E-state index is 0.706. The largest absolute Gasteiger partial charge is 0.369 e. The molecule has 0 aliphatic carbocycles. The highest BCUT2D eigenvalue weighted by Gasteiger charge is 2.23. The number of anilines is 1. The summed E-state index contributed by atoms with van der Waals surface area (Å²) in [5.41, 5.74) is 2.75. The van der Waals surface area contributed by atoms with Gasteiger partial charge in [-0.2, -0.15) is 0 Å². The van der Waals surface area contributed by atoms with E-state index in [0.717, 1.165) is 5.92 Å². The van der Waals surface area contributed by atoms with Gasteiger partial charge >= 0.3 is 0 Å². The van der Waals surface area contributed by atoms with Crippen molar-refractivity contribution in [2.75, 3.05) is 44.2 Å². The van der Waals surface area contributed by atoms with Crippen LogP contribution in [-0.2, 0) is 0 Å². The Kier molecular flexibility index (Phi) is 4.81. The van der Waals surface area contributed by atoms with Crippen LogP contribution in [0.2, 0.25) is 0 Å². The zero-order chi connectivity index (χ0) is 14.7. The van der Waals surface area contributed by atoms with Crippen molar-refractivity contribution in [3.05, 3.63) is 29.8 Å². The van der Waals surface area contributed by atoms with E-state index in [2.05, 4.69) is 53.2 Å². The van der Waals surface area contributed by atoms with Gasteiger partial charge in [0.1, 0.15) is 0 Å². The van der Waals surface area contributed by atoms with E-state index in [9.17, 15) is 0 Å². The number of piperidine rings is 1. The van der Waals surface area contributed by atoms with Gasteiger partial charge in [0, 0.05) is 44.5 Å². The second-order valence-corrected chi connectivity index (χ2v) is 6.87. The molecule has 2 saturated heterocycles. The normalized spacial score (nSPS) is 27.8. The van der Waals surface area contributed by atoms with Crippen LogP contribution in [-0.4, -0.2) is 50.2 Å². The molecule has 2 heterocycles. The summed E-state index contributed by atoms with van der Waals surface area (Å²) < 4.78 is 0. The maximum Gasteiger partial charge on any atom is 0.0369 e. The summed E-state index contributed by atoms with van der Waals surface area (Å²) in [5, 5.41) is 3.56. The zero-order valence-electron chi connectivity index (χ0n) is 13.5. The number of aryl methyl sites for hydroxylation is 1. The number of benzene rings is 1. The van der Waals surface area contributed by atoms with Gasteiger partial charge in [0.25, 0.3) is 0 Å². The van der Waals surface area contributed by atoms with E-state index in [1.54, 1.807) is 0 Å². The lowest BCUT2D eigenvalue weighted by Gasteiger charge is -2.39. The first-order chi connectivity index (χ1) is 10.2. The molecule has 1 aromatic rings. The Morgan fingerprint density at radius 3 is 2.71 bits per heavy atom. The predicted molar refractivity (Wildman–Crippen MR) is 90.0 cm³/mol. The fourth-order valence-corrected chi connectivity index (χ4v) is 3.78. The number of hydrogen-bond donors (Lipinski definition) is 1. The molecule has 1 N–H and O–H groups in total. The molecule has 2 atom stereocenters. The maximum absolute atomic E-state index is 3.56. The first kappa shape index (κ1) is 14.9. The molecule has 1 aromatic carbocycles. The number of nitrogens with one attached hydrogen (secondary N) is 1. The topological polar surface area (TPSA) is 18.5 Å². The van der Waals surface area contributed by atoms with Crippen LogP contribution in [0.1, 0.15) is 25.3 Å². The molecule has 21 heavy (non-hydrogen) atoms. The lowest BCUT2D eigenvalue weighted by molar-refractivity contribution is 0.184. The van der Waals surface area contributed by atoms with Crippen LogP contribution in [0.25, 0.3) is 0 Å². The van der Waals surface area contributed by atoms with Crippen LogP contribution in [0.3, 0.4) is 0 Å². The van der Waals surface area contributed by atoms with Gasteiger partial charge in [-0.3, -0.25) is 4.90 Å². The summed E-state index contributed by atoms with van der Waals surface area (Å²) in [5.74, 6) is 0.895. The van der Waals surface area contributed by atoms with Crippen molar-refractivity contribution < 1.29 is 0 Å². The Bertz CT molecular complexity index is 452. The molecule has 2 unspecified atom stereocenters. The van der Waals surface area contributed by atoms with Gasteiger partial charge in [0.05, 0.1) is 0 Å². The van der Waals surface area contributed by atoms with Gasteiger partial charge < -0.3 is 10.2 Å². The van der Waals surface area contributed by atoms with E-state index in [0.29, 0.717) is 6.04 Å². The average Bonchev–Trinajstić information content (AvgIpc) is 2.48. The van der Waals surface area contributed by atoms with Crippen molar-refractivity contribution in [1.82, 2.24) is 10.2 Å². The first-order valence-electron chi connectivity index (χ1n) is 8.48. The lowest BCUT2D eigenvalue weighted by Crippen LogP contribution is -2.49. The molecule has 2 aliphatic rings. The Labute approximate surface area is 129 Å². The molecule has 0 amide bonds. The summed E-state index contributed by atoms with van der Waals surface area (Å²) in [6.45, 7) is 11.8. The van der Waals surface area contributed by atoms with Gasteiger partial charge in [-0.1, -0.05) is 12.1 Å². The highest BCUT2D eigenvalue weighted by atomic mass is 15.3. The third kappa shape index (κ3) is 3.98. The maximum atomic E-state index is 3.56. The highest BCUT2D eigenvalue weighted by molar-refractivity contribution is 5.48. The molecule has 0 bridgehead atoms. The Morgan fingerprint density at radius 1 is 1.19 bits per heavy atom. The van der Waals surface area contributed by atoms with Crippen LogP contribution >= 0.6 is 0 Å². The summed E-state index contributed by atoms with van der Waals surface area (Å²) in [6, 6.07) is 9.62. The van der Waals surface area contributed by atoms with Gasteiger partial charge in [-0.15, -0.1) is 0 Å². The van der Waals surface area contributed by atoms with Gasteiger partial charge in [0.15, 0.2) is 0 Å². The van der Waals surface area contributed by atoms with E-state index in [1.165, 1.54) is 63.4 Å². The monoisotopic (exact) mass is 287 g/mol. The average molecular weight is 287 g/mol. The fraction of sp³-hybridized carbons (Fsp3) is 0.667.